The number of nitro groups is 1. The number of aromatic nitrogens is 1. The third-order valence-electron chi connectivity index (χ3n) is 1.52. The van der Waals surface area contributed by atoms with Crippen LogP contribution in [0.25, 0.3) is 0 Å². The smallest absolute Gasteiger partial charge is 0.400 e. The summed E-state index contributed by atoms with van der Waals surface area (Å²) in [5, 5.41) is 9.16. The molecule has 0 amide bonds. The zero-order valence-corrected chi connectivity index (χ0v) is 12.0. The molecule has 1 rings (SSSR count). The second-order valence-electron chi connectivity index (χ2n) is 2.84. The maximum atomic E-state index is 12.1. The highest BCUT2D eigenvalue weighted by molar-refractivity contribution is 14.1. The first-order valence-corrected chi connectivity index (χ1v) is 7.36. The number of hydrogen-bond acceptors (Lipinski definition) is 6. The van der Waals surface area contributed by atoms with Crippen LogP contribution < -0.4 is 4.74 Å². The van der Waals surface area contributed by atoms with Gasteiger partial charge in [0.25, 0.3) is 0 Å². The van der Waals surface area contributed by atoms with E-state index in [1.165, 1.54) is 22.6 Å². The van der Waals surface area contributed by atoms with E-state index < -0.39 is 36.9 Å². The third kappa shape index (κ3) is 4.31. The molecule has 0 aliphatic carbocycles. The molecule has 0 fully saturated rings. The van der Waals surface area contributed by atoms with Crippen molar-refractivity contribution < 1.29 is 31.2 Å². The predicted octanol–water partition coefficient (Wildman–Crippen LogP) is 2.42. The van der Waals surface area contributed by atoms with E-state index in [4.69, 9.17) is 10.7 Å². The number of ether oxygens (including phenoxy) is 1. The monoisotopic (exact) mass is 432 g/mol. The molecule has 0 atom stereocenters. The lowest BCUT2D eigenvalue weighted by molar-refractivity contribution is -0.391. The van der Waals surface area contributed by atoms with Crippen LogP contribution >= 0.6 is 33.3 Å². The van der Waals surface area contributed by atoms with Gasteiger partial charge in [0.1, 0.15) is 3.57 Å². The summed E-state index contributed by atoms with van der Waals surface area (Å²) >= 11 is 1.31. The highest BCUT2D eigenvalue weighted by Crippen LogP contribution is 2.34. The van der Waals surface area contributed by atoms with Crippen molar-refractivity contribution in [3.8, 4) is 5.75 Å². The number of pyridine rings is 1. The molecule has 7 nitrogen and oxygen atoms in total. The van der Waals surface area contributed by atoms with Gasteiger partial charge < -0.3 is 14.9 Å². The van der Waals surface area contributed by atoms with Crippen LogP contribution in [-0.2, 0) is 9.05 Å². The first-order valence-electron chi connectivity index (χ1n) is 3.97. The van der Waals surface area contributed by atoms with Crippen LogP contribution in [0.5, 0.6) is 5.75 Å². The molecule has 1 aromatic heterocycles. The molecule has 0 saturated heterocycles. The van der Waals surface area contributed by atoms with Gasteiger partial charge in [-0.1, -0.05) is 0 Å². The van der Waals surface area contributed by atoms with Crippen molar-refractivity contribution in [2.75, 3.05) is 0 Å². The molecule has 0 saturated carbocycles. The minimum Gasteiger partial charge on any atom is -0.400 e. The molecule has 0 bridgehead atoms. The van der Waals surface area contributed by atoms with Crippen LogP contribution in [0.3, 0.4) is 0 Å². The van der Waals surface area contributed by atoms with Gasteiger partial charge in [-0.2, -0.15) is 0 Å². The Bertz CT molecular complexity index is 634. The van der Waals surface area contributed by atoms with Crippen molar-refractivity contribution in [1.82, 2.24) is 4.98 Å². The molecule has 0 radical (unpaired) electrons. The van der Waals surface area contributed by atoms with Crippen molar-refractivity contribution >= 4 is 48.1 Å². The summed E-state index contributed by atoms with van der Waals surface area (Å²) in [6.07, 6.45) is -5.20. The summed E-state index contributed by atoms with van der Waals surface area (Å²) in [4.78, 5) is 12.4. The molecule has 0 aliphatic heterocycles. The van der Waals surface area contributed by atoms with E-state index in [0.29, 0.717) is 6.07 Å². The first kappa shape index (κ1) is 16.2. The summed E-state index contributed by atoms with van der Waals surface area (Å²) in [5.41, 5.74) is 0. The summed E-state index contributed by atoms with van der Waals surface area (Å²) in [7, 11) is 0.109. The Hall–Kier alpha value is -0.890. The van der Waals surface area contributed by atoms with Crippen molar-refractivity contribution in [1.29, 1.82) is 0 Å². The molecule has 0 unspecified atom stereocenters. The van der Waals surface area contributed by atoms with Crippen molar-refractivity contribution in [3.05, 3.63) is 19.8 Å². The van der Waals surface area contributed by atoms with E-state index in [1.807, 2.05) is 0 Å². The number of nitrogens with zero attached hydrogens (tertiary/aromatic N) is 2. The predicted molar refractivity (Wildman–Crippen MR) is 63.3 cm³/mol. The van der Waals surface area contributed by atoms with Gasteiger partial charge >= 0.3 is 26.3 Å². The van der Waals surface area contributed by atoms with Crippen LogP contribution in [-0.4, -0.2) is 24.7 Å². The molecular formula is C6HClF3IN2O5S. The van der Waals surface area contributed by atoms with Gasteiger partial charge in [-0.3, -0.25) is 0 Å². The summed E-state index contributed by atoms with van der Waals surface area (Å²) in [6.45, 7) is 0. The fourth-order valence-electron chi connectivity index (χ4n) is 0.947. The van der Waals surface area contributed by atoms with Gasteiger partial charge in [0.2, 0.25) is 0 Å². The minimum atomic E-state index is -5.20. The Morgan fingerprint density at radius 1 is 1.47 bits per heavy atom. The number of alkyl halides is 3. The van der Waals surface area contributed by atoms with Crippen LogP contribution in [0.4, 0.5) is 19.0 Å². The third-order valence-corrected chi connectivity index (χ3v) is 3.51. The van der Waals surface area contributed by atoms with E-state index >= 15 is 0 Å². The minimum absolute atomic E-state index is 0.342. The van der Waals surface area contributed by atoms with E-state index in [0.717, 1.165) is 0 Å². The van der Waals surface area contributed by atoms with E-state index in [-0.39, 0.29) is 3.57 Å². The number of halogens is 5. The van der Waals surface area contributed by atoms with Crippen LogP contribution in [0.2, 0.25) is 0 Å². The Morgan fingerprint density at radius 3 is 2.37 bits per heavy atom. The topological polar surface area (TPSA) is 99.4 Å². The molecule has 1 heterocycles. The molecule has 19 heavy (non-hydrogen) atoms. The van der Waals surface area contributed by atoms with Gasteiger partial charge in [-0.05, 0) is 32.5 Å². The van der Waals surface area contributed by atoms with Gasteiger partial charge in [0, 0.05) is 16.7 Å². The number of hydrogen-bond donors (Lipinski definition) is 0. The van der Waals surface area contributed by atoms with Crippen molar-refractivity contribution in [3.63, 3.8) is 0 Å². The molecule has 106 valence electrons. The Balaban J connectivity index is 3.55. The first-order chi connectivity index (χ1) is 8.42. The zero-order valence-electron chi connectivity index (χ0n) is 8.31. The fraction of sp³-hybridized carbons (Fsp3) is 0.167. The highest BCUT2D eigenvalue weighted by Gasteiger charge is 2.38. The van der Waals surface area contributed by atoms with Gasteiger partial charge in [-0.25, -0.2) is 8.42 Å². The molecule has 0 aromatic carbocycles. The lowest BCUT2D eigenvalue weighted by atomic mass is 10.4. The average Bonchev–Trinajstić information content (AvgIpc) is 2.11. The standard InChI is InChI=1S/C6HClF3IN2O5S/c7-19(16,17)5-3(18-6(8,9)10)1-2(11)4(12-5)13(14)15/h1H. The normalized spacial score (nSPS) is 12.3. The fourth-order valence-corrected chi connectivity index (χ4v) is 2.42. The summed E-state index contributed by atoms with van der Waals surface area (Å²) in [6, 6.07) is 0.508. The Labute approximate surface area is 121 Å². The molecule has 13 heteroatoms. The van der Waals surface area contributed by atoms with Crippen molar-refractivity contribution in [2.24, 2.45) is 0 Å². The Kier molecular flexibility index (Phi) is 4.46. The second-order valence-corrected chi connectivity index (χ2v) is 6.48. The van der Waals surface area contributed by atoms with E-state index in [1.54, 1.807) is 0 Å². The van der Waals surface area contributed by atoms with Gasteiger partial charge in [0.05, 0.1) is 0 Å². The molecule has 0 spiro atoms. The SMILES string of the molecule is O=[N+]([O-])c1nc(S(=O)(=O)Cl)c(OC(F)(F)F)cc1I. The Morgan fingerprint density at radius 2 is 2.00 bits per heavy atom. The van der Waals surface area contributed by atoms with Gasteiger partial charge in [0.15, 0.2) is 5.75 Å². The zero-order chi connectivity index (χ0) is 15.0. The van der Waals surface area contributed by atoms with Crippen molar-refractivity contribution in [2.45, 2.75) is 11.4 Å². The lowest BCUT2D eigenvalue weighted by Crippen LogP contribution is -2.19. The number of rotatable bonds is 3. The van der Waals surface area contributed by atoms with E-state index in [9.17, 15) is 31.7 Å². The second kappa shape index (κ2) is 5.24. The highest BCUT2D eigenvalue weighted by atomic mass is 127. The summed E-state index contributed by atoms with van der Waals surface area (Å²) in [5.74, 6) is -2.19. The van der Waals surface area contributed by atoms with Crippen LogP contribution in [0, 0.1) is 13.7 Å². The quantitative estimate of drug-likeness (QED) is 0.315. The van der Waals surface area contributed by atoms with Crippen LogP contribution in [0.15, 0.2) is 11.1 Å². The molecule has 1 aromatic rings. The molecule has 0 aliphatic rings. The van der Waals surface area contributed by atoms with E-state index in [2.05, 4.69) is 9.72 Å². The maximum Gasteiger partial charge on any atom is 0.573 e. The van der Waals surface area contributed by atoms with Gasteiger partial charge in [-0.15, -0.1) is 13.2 Å². The molecular weight excluding hydrogens is 431 g/mol. The van der Waals surface area contributed by atoms with Crippen LogP contribution in [0.1, 0.15) is 0 Å². The lowest BCUT2D eigenvalue weighted by Gasteiger charge is -2.09. The average molecular weight is 433 g/mol. The molecule has 0 N–H and O–H groups in total. The summed E-state index contributed by atoms with van der Waals surface area (Å²) < 4.78 is 61.4. The largest absolute Gasteiger partial charge is 0.573 e. The maximum absolute atomic E-state index is 12.1.